The summed E-state index contributed by atoms with van der Waals surface area (Å²) in [6, 6.07) is 4.48. The van der Waals surface area contributed by atoms with Gasteiger partial charge in [-0.2, -0.15) is 0 Å². The number of benzene rings is 1. The molecule has 2 rings (SSSR count). The highest BCUT2D eigenvalue weighted by atomic mass is 35.5. The average Bonchev–Trinajstić information content (AvgIpc) is 2.44. The van der Waals surface area contributed by atoms with Gasteiger partial charge < -0.3 is 4.90 Å². The molecular weight excluding hydrogens is 330 g/mol. The molecule has 9 heteroatoms. The highest BCUT2D eigenvalue weighted by Gasteiger charge is 2.26. The topological polar surface area (TPSA) is 92.6 Å². The van der Waals surface area contributed by atoms with Gasteiger partial charge in [0.05, 0.1) is 11.2 Å². The zero-order chi connectivity index (χ0) is 16.3. The number of sulfonamides is 1. The van der Waals surface area contributed by atoms with Gasteiger partial charge >= 0.3 is 0 Å². The van der Waals surface area contributed by atoms with Crippen molar-refractivity contribution in [3.8, 4) is 0 Å². The molecule has 1 aromatic rings. The number of nitrogens with one attached hydrogen (secondary N) is 1. The van der Waals surface area contributed by atoms with Gasteiger partial charge in [-0.3, -0.25) is 10.1 Å². The van der Waals surface area contributed by atoms with E-state index < -0.39 is 14.9 Å². The standard InChI is InChI=1S/C13H18ClN3O4S/c1-22(20,21)15-8-10-3-2-6-16(9-10)13-7-11(14)4-5-12(13)17(18)19/h4-5,7,10,15H,2-3,6,8-9H2,1H3. The Bertz CT molecular complexity index is 665. The van der Waals surface area contributed by atoms with E-state index in [1.54, 1.807) is 6.07 Å². The van der Waals surface area contributed by atoms with E-state index in [4.69, 9.17) is 11.6 Å². The van der Waals surface area contributed by atoms with Gasteiger partial charge in [0, 0.05) is 30.7 Å². The van der Waals surface area contributed by atoms with Gasteiger partial charge in [0.15, 0.2) is 0 Å². The Morgan fingerprint density at radius 3 is 2.86 bits per heavy atom. The molecule has 1 aromatic carbocycles. The Morgan fingerprint density at radius 1 is 1.50 bits per heavy atom. The molecule has 1 atom stereocenters. The third-order valence-corrected chi connectivity index (χ3v) is 4.55. The third-order valence-electron chi connectivity index (χ3n) is 3.63. The van der Waals surface area contributed by atoms with Crippen LogP contribution in [-0.2, 0) is 10.0 Å². The zero-order valence-electron chi connectivity index (χ0n) is 12.2. The van der Waals surface area contributed by atoms with E-state index in [1.807, 2.05) is 4.90 Å². The lowest BCUT2D eigenvalue weighted by atomic mass is 9.97. The van der Waals surface area contributed by atoms with Crippen molar-refractivity contribution >= 4 is 33.0 Å². The van der Waals surface area contributed by atoms with Crippen molar-refractivity contribution < 1.29 is 13.3 Å². The molecule has 0 aromatic heterocycles. The van der Waals surface area contributed by atoms with Crippen LogP contribution in [-0.4, -0.2) is 39.2 Å². The van der Waals surface area contributed by atoms with Gasteiger partial charge in [-0.25, -0.2) is 13.1 Å². The molecular formula is C13H18ClN3O4S. The molecule has 1 unspecified atom stereocenters. The summed E-state index contributed by atoms with van der Waals surface area (Å²) < 4.78 is 24.9. The lowest BCUT2D eigenvalue weighted by molar-refractivity contribution is -0.384. The monoisotopic (exact) mass is 347 g/mol. The number of piperidine rings is 1. The van der Waals surface area contributed by atoms with E-state index in [2.05, 4.69) is 4.72 Å². The second-order valence-corrected chi connectivity index (χ2v) is 7.73. The van der Waals surface area contributed by atoms with Crippen LogP contribution in [0.15, 0.2) is 18.2 Å². The molecule has 0 saturated carbocycles. The van der Waals surface area contributed by atoms with Gasteiger partial charge in [0.25, 0.3) is 5.69 Å². The average molecular weight is 348 g/mol. The first-order chi connectivity index (χ1) is 10.3. The van der Waals surface area contributed by atoms with Gasteiger partial charge in [-0.05, 0) is 30.9 Å². The fourth-order valence-electron chi connectivity index (χ4n) is 2.62. The van der Waals surface area contributed by atoms with Crippen LogP contribution in [0, 0.1) is 16.0 Å². The number of anilines is 1. The van der Waals surface area contributed by atoms with E-state index in [-0.39, 0.29) is 11.6 Å². The molecule has 1 N–H and O–H groups in total. The highest BCUT2D eigenvalue weighted by molar-refractivity contribution is 7.88. The van der Waals surface area contributed by atoms with E-state index in [1.165, 1.54) is 12.1 Å². The molecule has 1 heterocycles. The van der Waals surface area contributed by atoms with Crippen molar-refractivity contribution in [2.75, 3.05) is 30.8 Å². The fourth-order valence-corrected chi connectivity index (χ4v) is 3.33. The summed E-state index contributed by atoms with van der Waals surface area (Å²) in [7, 11) is -3.23. The fraction of sp³-hybridized carbons (Fsp3) is 0.538. The van der Waals surface area contributed by atoms with E-state index in [9.17, 15) is 18.5 Å². The summed E-state index contributed by atoms with van der Waals surface area (Å²) in [5.74, 6) is 0.113. The largest absolute Gasteiger partial charge is 0.366 e. The van der Waals surface area contributed by atoms with Crippen LogP contribution in [0.3, 0.4) is 0 Å². The van der Waals surface area contributed by atoms with Crippen molar-refractivity contribution in [3.05, 3.63) is 33.3 Å². The molecule has 22 heavy (non-hydrogen) atoms. The minimum Gasteiger partial charge on any atom is -0.366 e. The summed E-state index contributed by atoms with van der Waals surface area (Å²) in [5.41, 5.74) is 0.502. The van der Waals surface area contributed by atoms with Gasteiger partial charge in [0.1, 0.15) is 5.69 Å². The molecule has 1 fully saturated rings. The summed E-state index contributed by atoms with van der Waals surface area (Å²) in [4.78, 5) is 12.6. The maximum atomic E-state index is 11.2. The highest BCUT2D eigenvalue weighted by Crippen LogP contribution is 2.33. The number of hydrogen-bond acceptors (Lipinski definition) is 5. The second kappa shape index (κ2) is 6.80. The maximum absolute atomic E-state index is 11.2. The molecule has 0 spiro atoms. The molecule has 0 amide bonds. The lowest BCUT2D eigenvalue weighted by Gasteiger charge is -2.34. The van der Waals surface area contributed by atoms with Crippen LogP contribution in [0.5, 0.6) is 0 Å². The first-order valence-corrected chi connectivity index (χ1v) is 9.17. The van der Waals surface area contributed by atoms with E-state index in [0.717, 1.165) is 19.1 Å². The first kappa shape index (κ1) is 17.0. The predicted octanol–water partition coefficient (Wildman–Crippen LogP) is 2.01. The summed E-state index contributed by atoms with van der Waals surface area (Å²) in [6.07, 6.45) is 2.85. The van der Waals surface area contributed by atoms with Crippen LogP contribution in [0.25, 0.3) is 0 Å². The lowest BCUT2D eigenvalue weighted by Crippen LogP contribution is -2.41. The third kappa shape index (κ3) is 4.56. The Balaban J connectivity index is 2.15. The Kier molecular flexibility index (Phi) is 5.25. The number of nitrogens with zero attached hydrogens (tertiary/aromatic N) is 2. The predicted molar refractivity (Wildman–Crippen MR) is 85.9 cm³/mol. The molecule has 122 valence electrons. The smallest absolute Gasteiger partial charge is 0.292 e. The van der Waals surface area contributed by atoms with Crippen LogP contribution < -0.4 is 9.62 Å². The zero-order valence-corrected chi connectivity index (χ0v) is 13.7. The van der Waals surface area contributed by atoms with Crippen molar-refractivity contribution in [3.63, 3.8) is 0 Å². The van der Waals surface area contributed by atoms with Gasteiger partial charge in [-0.1, -0.05) is 11.6 Å². The molecule has 1 aliphatic heterocycles. The summed E-state index contributed by atoms with van der Waals surface area (Å²) >= 11 is 5.96. The molecule has 1 aliphatic rings. The SMILES string of the molecule is CS(=O)(=O)NCC1CCCN(c2cc(Cl)ccc2[N+](=O)[O-])C1. The minimum atomic E-state index is -3.23. The molecule has 0 bridgehead atoms. The number of rotatable bonds is 5. The van der Waals surface area contributed by atoms with Gasteiger partial charge in [-0.15, -0.1) is 0 Å². The molecule has 0 aliphatic carbocycles. The van der Waals surface area contributed by atoms with Crippen LogP contribution in [0.2, 0.25) is 5.02 Å². The van der Waals surface area contributed by atoms with Crippen LogP contribution >= 0.6 is 11.6 Å². The molecule has 1 saturated heterocycles. The van der Waals surface area contributed by atoms with Crippen molar-refractivity contribution in [2.45, 2.75) is 12.8 Å². The minimum absolute atomic E-state index is 0.0149. The number of nitro groups is 1. The maximum Gasteiger partial charge on any atom is 0.292 e. The Hall–Kier alpha value is -1.38. The second-order valence-electron chi connectivity index (χ2n) is 5.47. The Labute approximate surface area is 134 Å². The van der Waals surface area contributed by atoms with Gasteiger partial charge in [0.2, 0.25) is 10.0 Å². The Morgan fingerprint density at radius 2 is 2.23 bits per heavy atom. The van der Waals surface area contributed by atoms with Crippen molar-refractivity contribution in [1.29, 1.82) is 0 Å². The molecule has 0 radical (unpaired) electrons. The molecule has 7 nitrogen and oxygen atoms in total. The summed E-state index contributed by atoms with van der Waals surface area (Å²) in [6.45, 7) is 1.59. The number of halogens is 1. The van der Waals surface area contributed by atoms with E-state index >= 15 is 0 Å². The van der Waals surface area contributed by atoms with E-state index in [0.29, 0.717) is 30.3 Å². The normalized spacial score (nSPS) is 19.2. The number of hydrogen-bond donors (Lipinski definition) is 1. The van der Waals surface area contributed by atoms with Crippen LogP contribution in [0.1, 0.15) is 12.8 Å². The number of nitro benzene ring substituents is 1. The van der Waals surface area contributed by atoms with Crippen molar-refractivity contribution in [2.24, 2.45) is 5.92 Å². The summed E-state index contributed by atoms with van der Waals surface area (Å²) in [5, 5.41) is 11.6. The first-order valence-electron chi connectivity index (χ1n) is 6.90. The quantitative estimate of drug-likeness (QED) is 0.649. The van der Waals surface area contributed by atoms with Crippen molar-refractivity contribution in [1.82, 2.24) is 4.72 Å². The van der Waals surface area contributed by atoms with Crippen LogP contribution in [0.4, 0.5) is 11.4 Å².